The molecule has 0 N–H and O–H groups in total. The molecule has 7 aromatic carbocycles. The number of fused-ring (bicyclic) bond motifs is 10. The summed E-state index contributed by atoms with van der Waals surface area (Å²) in [5.74, 6) is 0. The van der Waals surface area contributed by atoms with Crippen LogP contribution in [0.4, 0.5) is 0 Å². The van der Waals surface area contributed by atoms with E-state index in [-0.39, 0.29) is 0 Å². The second kappa shape index (κ2) is 8.08. The van der Waals surface area contributed by atoms with Crippen LogP contribution in [-0.4, -0.2) is 9.13 Å². The molecule has 0 saturated carbocycles. The van der Waals surface area contributed by atoms with E-state index in [0.29, 0.717) is 0 Å². The van der Waals surface area contributed by atoms with Crippen LogP contribution in [0.3, 0.4) is 0 Å². The Morgan fingerprint density at radius 2 is 0.950 bits per heavy atom. The number of benzene rings is 7. The van der Waals surface area contributed by atoms with Crippen molar-refractivity contribution < 1.29 is 0 Å². The lowest BCUT2D eigenvalue weighted by Crippen LogP contribution is -1.95. The Morgan fingerprint density at radius 3 is 1.80 bits per heavy atom. The van der Waals surface area contributed by atoms with Gasteiger partial charge in [-0.2, -0.15) is 0 Å². The van der Waals surface area contributed by atoms with Crippen molar-refractivity contribution in [3.05, 3.63) is 146 Å². The lowest BCUT2D eigenvalue weighted by Gasteiger charge is -2.12. The molecular weight excluding hydrogens is 484 g/mol. The zero-order valence-electron chi connectivity index (χ0n) is 21.8. The molecule has 0 aliphatic carbocycles. The Labute approximate surface area is 230 Å². The van der Waals surface area contributed by atoms with Gasteiger partial charge >= 0.3 is 0 Å². The first-order valence-electron chi connectivity index (χ1n) is 13.8. The highest BCUT2D eigenvalue weighted by Gasteiger charge is 2.19. The average molecular weight is 509 g/mol. The lowest BCUT2D eigenvalue weighted by molar-refractivity contribution is 1.18. The van der Waals surface area contributed by atoms with Gasteiger partial charge in [-0.15, -0.1) is 0 Å². The second-order valence-electron chi connectivity index (χ2n) is 10.6. The fraction of sp³-hybridized carbons (Fsp3) is 0. The zero-order chi connectivity index (χ0) is 26.2. The molecule has 0 bridgehead atoms. The average Bonchev–Trinajstić information content (AvgIpc) is 3.54. The van der Waals surface area contributed by atoms with Crippen LogP contribution in [0.15, 0.2) is 146 Å². The van der Waals surface area contributed by atoms with Crippen molar-refractivity contribution in [1.29, 1.82) is 0 Å². The SMILES string of the molecule is c1ccc(-n2c3ccccc3c3ccc4c(ccc5c4c4ccccc4n5-c4ccc5ccccc5c4)c32)cc1. The number of hydrogen-bond donors (Lipinski definition) is 0. The molecule has 0 aliphatic heterocycles. The normalized spacial score (nSPS) is 12.0. The van der Waals surface area contributed by atoms with Crippen molar-refractivity contribution in [1.82, 2.24) is 9.13 Å². The smallest absolute Gasteiger partial charge is 0.0619 e. The topological polar surface area (TPSA) is 9.86 Å². The van der Waals surface area contributed by atoms with Gasteiger partial charge in [-0.3, -0.25) is 0 Å². The van der Waals surface area contributed by atoms with Gasteiger partial charge in [0.05, 0.1) is 22.1 Å². The second-order valence-corrected chi connectivity index (χ2v) is 10.6. The van der Waals surface area contributed by atoms with Crippen molar-refractivity contribution in [2.45, 2.75) is 0 Å². The summed E-state index contributed by atoms with van der Waals surface area (Å²) in [5.41, 5.74) is 7.31. The highest BCUT2D eigenvalue weighted by molar-refractivity contribution is 6.28. The molecular formula is C38H24N2. The minimum Gasteiger partial charge on any atom is -0.309 e. The first-order chi connectivity index (χ1) is 19.9. The molecule has 2 heteroatoms. The zero-order valence-corrected chi connectivity index (χ0v) is 21.8. The van der Waals surface area contributed by atoms with Crippen LogP contribution in [0.25, 0.3) is 76.5 Å². The van der Waals surface area contributed by atoms with E-state index in [4.69, 9.17) is 0 Å². The summed E-state index contributed by atoms with van der Waals surface area (Å²) in [6.45, 7) is 0. The Bertz CT molecular complexity index is 2420. The fourth-order valence-electron chi connectivity index (χ4n) is 6.77. The minimum atomic E-state index is 1.18. The molecule has 2 nitrogen and oxygen atoms in total. The van der Waals surface area contributed by atoms with Crippen LogP contribution in [0.5, 0.6) is 0 Å². The van der Waals surface area contributed by atoms with Gasteiger partial charge in [0.25, 0.3) is 0 Å². The quantitative estimate of drug-likeness (QED) is 0.220. The molecule has 9 aromatic rings. The molecule has 0 spiro atoms. The minimum absolute atomic E-state index is 1.18. The third-order valence-corrected chi connectivity index (χ3v) is 8.47. The molecule has 0 fully saturated rings. The van der Waals surface area contributed by atoms with Gasteiger partial charge < -0.3 is 9.13 Å². The van der Waals surface area contributed by atoms with E-state index >= 15 is 0 Å². The summed E-state index contributed by atoms with van der Waals surface area (Å²) < 4.78 is 4.86. The van der Waals surface area contributed by atoms with Crippen molar-refractivity contribution in [3.8, 4) is 11.4 Å². The number of aromatic nitrogens is 2. The summed E-state index contributed by atoms with van der Waals surface area (Å²) in [4.78, 5) is 0. The molecule has 9 rings (SSSR count). The summed E-state index contributed by atoms with van der Waals surface area (Å²) >= 11 is 0. The van der Waals surface area contributed by atoms with Gasteiger partial charge in [0.15, 0.2) is 0 Å². The van der Waals surface area contributed by atoms with E-state index in [1.165, 1.54) is 76.5 Å². The molecule has 0 radical (unpaired) electrons. The van der Waals surface area contributed by atoms with Crippen molar-refractivity contribution in [2.75, 3.05) is 0 Å². The van der Waals surface area contributed by atoms with Gasteiger partial charge in [-0.05, 0) is 58.6 Å². The Hall–Kier alpha value is -5.34. The van der Waals surface area contributed by atoms with Crippen molar-refractivity contribution >= 4 is 65.2 Å². The monoisotopic (exact) mass is 508 g/mol. The van der Waals surface area contributed by atoms with Crippen LogP contribution in [0.1, 0.15) is 0 Å². The van der Waals surface area contributed by atoms with Crippen LogP contribution in [-0.2, 0) is 0 Å². The van der Waals surface area contributed by atoms with E-state index in [1.807, 2.05) is 0 Å². The number of hydrogen-bond acceptors (Lipinski definition) is 0. The van der Waals surface area contributed by atoms with Crippen LogP contribution in [0, 0.1) is 0 Å². The van der Waals surface area contributed by atoms with Gasteiger partial charge in [0, 0.05) is 38.3 Å². The molecule has 0 saturated heterocycles. The summed E-state index contributed by atoms with van der Waals surface area (Å²) in [7, 11) is 0. The highest BCUT2D eigenvalue weighted by atomic mass is 15.0. The van der Waals surface area contributed by atoms with Gasteiger partial charge in [0.2, 0.25) is 0 Å². The van der Waals surface area contributed by atoms with Gasteiger partial charge in [-0.1, -0.05) is 103 Å². The van der Waals surface area contributed by atoms with Crippen LogP contribution in [0.2, 0.25) is 0 Å². The van der Waals surface area contributed by atoms with E-state index in [2.05, 4.69) is 155 Å². The van der Waals surface area contributed by atoms with Crippen molar-refractivity contribution in [2.24, 2.45) is 0 Å². The molecule has 0 atom stereocenters. The largest absolute Gasteiger partial charge is 0.309 e. The maximum atomic E-state index is 2.43. The number of para-hydroxylation sites is 3. The Balaban J connectivity index is 1.45. The van der Waals surface area contributed by atoms with Crippen LogP contribution >= 0.6 is 0 Å². The first-order valence-corrected chi connectivity index (χ1v) is 13.8. The van der Waals surface area contributed by atoms with Gasteiger partial charge in [-0.25, -0.2) is 0 Å². The van der Waals surface area contributed by atoms with E-state index < -0.39 is 0 Å². The third-order valence-electron chi connectivity index (χ3n) is 8.47. The summed E-state index contributed by atoms with van der Waals surface area (Å²) in [6.07, 6.45) is 0. The predicted molar refractivity (Wildman–Crippen MR) is 170 cm³/mol. The molecule has 186 valence electrons. The van der Waals surface area contributed by atoms with Crippen LogP contribution < -0.4 is 0 Å². The maximum Gasteiger partial charge on any atom is 0.0619 e. The molecule has 0 unspecified atom stereocenters. The Kier molecular flexibility index (Phi) is 4.36. The summed E-state index contributed by atoms with van der Waals surface area (Å²) in [6, 6.07) is 53.0. The maximum absolute atomic E-state index is 2.43. The van der Waals surface area contributed by atoms with E-state index in [1.54, 1.807) is 0 Å². The molecule has 2 aromatic heterocycles. The summed E-state index contributed by atoms with van der Waals surface area (Å²) in [5, 5.41) is 10.2. The van der Waals surface area contributed by atoms with E-state index in [0.717, 1.165) is 0 Å². The third kappa shape index (κ3) is 2.88. The number of rotatable bonds is 2. The van der Waals surface area contributed by atoms with Gasteiger partial charge in [0.1, 0.15) is 0 Å². The lowest BCUT2D eigenvalue weighted by atomic mass is 10.0. The predicted octanol–water partition coefficient (Wildman–Crippen LogP) is 10.2. The molecule has 0 amide bonds. The Morgan fingerprint density at radius 1 is 0.325 bits per heavy atom. The molecule has 0 aliphatic rings. The van der Waals surface area contributed by atoms with E-state index in [9.17, 15) is 0 Å². The number of nitrogens with zero attached hydrogens (tertiary/aromatic N) is 2. The molecule has 40 heavy (non-hydrogen) atoms. The first kappa shape index (κ1) is 21.6. The fourth-order valence-corrected chi connectivity index (χ4v) is 6.77. The van der Waals surface area contributed by atoms with Crippen molar-refractivity contribution in [3.63, 3.8) is 0 Å². The standard InChI is InChI=1S/C38H24N2/c1-2-12-27(13-3-1)40-34-16-8-6-14-29(34)31-21-20-30-32(38(31)40)22-23-36-37(30)33-15-7-9-17-35(33)39(36)28-19-18-25-10-4-5-11-26(25)24-28/h1-24H. The molecule has 2 heterocycles. The highest BCUT2D eigenvalue weighted by Crippen LogP contribution is 2.42.